The third kappa shape index (κ3) is 27.4. The molecule has 0 spiro atoms. The number of benzene rings is 2. The Labute approximate surface area is 263 Å². The predicted molar refractivity (Wildman–Crippen MR) is 186 cm³/mol. The fraction of sp³-hybridized carbons (Fsp3) is 0.500. The predicted octanol–water partition coefficient (Wildman–Crippen LogP) is 11.3. The summed E-state index contributed by atoms with van der Waals surface area (Å²) in [6.07, 6.45) is 15.6. The van der Waals surface area contributed by atoms with Crippen LogP contribution >= 0.6 is 11.6 Å². The van der Waals surface area contributed by atoms with Gasteiger partial charge in [-0.1, -0.05) is 106 Å². The zero-order valence-corrected chi connectivity index (χ0v) is 27.7. The van der Waals surface area contributed by atoms with Gasteiger partial charge in [0.2, 0.25) is 0 Å². The van der Waals surface area contributed by atoms with E-state index in [1.165, 1.54) is 35.6 Å². The number of Topliss-reactive ketones (excluding diaryl/α,β-unsaturated/α-hetero) is 2. The van der Waals surface area contributed by atoms with E-state index in [-0.39, 0.29) is 7.43 Å². The van der Waals surface area contributed by atoms with Gasteiger partial charge in [0.05, 0.1) is 0 Å². The second kappa shape index (κ2) is 29.7. The molecule has 0 radical (unpaired) electrons. The van der Waals surface area contributed by atoms with Crippen molar-refractivity contribution in [2.24, 2.45) is 5.92 Å². The third-order valence-electron chi connectivity index (χ3n) is 6.22. The van der Waals surface area contributed by atoms with E-state index in [0.29, 0.717) is 30.3 Å². The Hall–Kier alpha value is -2.78. The number of halogens is 1. The number of rotatable bonds is 13. The van der Waals surface area contributed by atoms with Gasteiger partial charge in [0.25, 0.3) is 0 Å². The van der Waals surface area contributed by atoms with Crippen molar-refractivity contribution in [3.8, 4) is 0 Å². The lowest BCUT2D eigenvalue weighted by Crippen LogP contribution is -2.03. The summed E-state index contributed by atoms with van der Waals surface area (Å²) in [5.41, 5.74) is 5.43. The molecule has 2 aromatic rings. The molecule has 0 amide bonds. The van der Waals surface area contributed by atoms with Gasteiger partial charge in [0.15, 0.2) is 0 Å². The number of hydrogen-bond acceptors (Lipinski definition) is 3. The molecule has 1 unspecified atom stereocenters. The number of ketones is 2. The highest BCUT2D eigenvalue weighted by molar-refractivity contribution is 6.30. The van der Waals surface area contributed by atoms with E-state index in [1.54, 1.807) is 6.92 Å². The molecular formula is C38H59ClO3. The summed E-state index contributed by atoms with van der Waals surface area (Å²) >= 11 is 5.82. The van der Waals surface area contributed by atoms with E-state index in [9.17, 15) is 9.59 Å². The lowest BCUT2D eigenvalue weighted by Gasteiger charge is -2.08. The minimum absolute atomic E-state index is 0. The normalized spacial score (nSPS) is 10.9. The van der Waals surface area contributed by atoms with Gasteiger partial charge in [-0.25, -0.2) is 0 Å². The first kappa shape index (κ1) is 43.7. The first-order chi connectivity index (χ1) is 19.5. The van der Waals surface area contributed by atoms with Crippen LogP contribution in [0.25, 0.3) is 0 Å². The van der Waals surface area contributed by atoms with E-state index in [1.807, 2.05) is 44.2 Å². The highest BCUT2D eigenvalue weighted by atomic mass is 35.5. The Bertz CT molecular complexity index is 1020. The fourth-order valence-electron chi connectivity index (χ4n) is 3.94. The summed E-state index contributed by atoms with van der Waals surface area (Å²) in [4.78, 5) is 30.6. The first-order valence-electron chi connectivity index (χ1n) is 15.0. The molecule has 0 aliphatic rings. The number of allylic oxidation sites excluding steroid dienone is 4. The van der Waals surface area contributed by atoms with Crippen LogP contribution in [0.4, 0.5) is 0 Å². The largest absolute Gasteiger partial charge is 0.304 e. The molecule has 0 aromatic heterocycles. The standard InChI is InChI=1S/C13H18O.C12H20O.C10H13Cl.C2H4O.CH4/c1-11(10-12(2)14)8-9-13-6-4-3-5-7-13;1-4-6-8-11(3)9-7-10-12(13)5-2;1-3-4-9-5-6-10(11)7-8(9)2;1-2-3;/h3-7,11H,8-10H2,1-2H3;4,6,8H,5,7,9-10H2,1-3H3;5-7H,3-4H2,1-2H3;2H,1H3;1H4/b;6-4-,11-8+;;;. The number of aryl methyl sites for hydroxylation is 3. The monoisotopic (exact) mass is 598 g/mol. The molecule has 0 saturated heterocycles. The first-order valence-corrected chi connectivity index (χ1v) is 15.4. The maximum absolute atomic E-state index is 11.0. The number of hydrogen-bond donors (Lipinski definition) is 0. The van der Waals surface area contributed by atoms with Crippen molar-refractivity contribution in [1.29, 1.82) is 0 Å². The molecule has 0 aliphatic carbocycles. The van der Waals surface area contributed by atoms with E-state index >= 15 is 0 Å². The van der Waals surface area contributed by atoms with Gasteiger partial charge in [-0.2, -0.15) is 0 Å². The Morgan fingerprint density at radius 2 is 1.57 bits per heavy atom. The Morgan fingerprint density at radius 3 is 2.07 bits per heavy atom. The van der Waals surface area contributed by atoms with Gasteiger partial charge in [0, 0.05) is 24.3 Å². The molecule has 0 aliphatic heterocycles. The van der Waals surface area contributed by atoms with Crippen LogP contribution in [-0.2, 0) is 27.2 Å². The third-order valence-corrected chi connectivity index (χ3v) is 6.46. The van der Waals surface area contributed by atoms with Gasteiger partial charge in [-0.3, -0.25) is 4.79 Å². The van der Waals surface area contributed by atoms with Crippen molar-refractivity contribution in [3.05, 3.63) is 94.0 Å². The smallest absolute Gasteiger partial charge is 0.132 e. The lowest BCUT2D eigenvalue weighted by molar-refractivity contribution is -0.119. The van der Waals surface area contributed by atoms with Crippen LogP contribution in [0.3, 0.4) is 0 Å². The summed E-state index contributed by atoms with van der Waals surface area (Å²) in [7, 11) is 0. The molecule has 0 fully saturated rings. The number of carbonyl (C=O) groups excluding carboxylic acids is 3. The second-order valence-corrected chi connectivity index (χ2v) is 10.8. The van der Waals surface area contributed by atoms with E-state index < -0.39 is 0 Å². The second-order valence-electron chi connectivity index (χ2n) is 10.4. The summed E-state index contributed by atoms with van der Waals surface area (Å²) in [5.74, 6) is 1.18. The summed E-state index contributed by atoms with van der Waals surface area (Å²) in [6.45, 7) is 15.6. The Morgan fingerprint density at radius 1 is 0.952 bits per heavy atom. The van der Waals surface area contributed by atoms with Crippen molar-refractivity contribution in [2.45, 2.75) is 121 Å². The van der Waals surface area contributed by atoms with Crippen LogP contribution in [0.5, 0.6) is 0 Å². The van der Waals surface area contributed by atoms with Crippen molar-refractivity contribution in [1.82, 2.24) is 0 Å². The number of carbonyl (C=O) groups is 3. The van der Waals surface area contributed by atoms with Gasteiger partial charge in [0.1, 0.15) is 17.9 Å². The SMILES string of the molecule is C.C/C=C\C=C(/C)CCCC(=O)CC.CC(=O)CC(C)CCc1ccccc1.CC=O.CCCc1ccc(Cl)cc1C. The van der Waals surface area contributed by atoms with Gasteiger partial charge >= 0.3 is 0 Å². The quantitative estimate of drug-likeness (QED) is 0.170. The van der Waals surface area contributed by atoms with Gasteiger partial charge < -0.3 is 9.59 Å². The maximum Gasteiger partial charge on any atom is 0.132 e. The average molecular weight is 599 g/mol. The average Bonchev–Trinajstić information content (AvgIpc) is 2.93. The fourth-order valence-corrected chi connectivity index (χ4v) is 4.17. The van der Waals surface area contributed by atoms with Crippen molar-refractivity contribution in [2.75, 3.05) is 0 Å². The van der Waals surface area contributed by atoms with Crippen LogP contribution in [0.2, 0.25) is 5.02 Å². The van der Waals surface area contributed by atoms with Crippen molar-refractivity contribution in [3.63, 3.8) is 0 Å². The molecular weight excluding hydrogens is 540 g/mol. The summed E-state index contributed by atoms with van der Waals surface area (Å²) < 4.78 is 0. The van der Waals surface area contributed by atoms with Crippen LogP contribution in [0.1, 0.15) is 118 Å². The zero-order chi connectivity index (χ0) is 31.5. The topological polar surface area (TPSA) is 51.2 Å². The van der Waals surface area contributed by atoms with Gasteiger partial charge in [-0.15, -0.1) is 0 Å². The van der Waals surface area contributed by atoms with Crippen LogP contribution < -0.4 is 0 Å². The molecule has 2 aromatic carbocycles. The van der Waals surface area contributed by atoms with Gasteiger partial charge in [-0.05, 0) is 101 Å². The molecule has 0 heterocycles. The molecule has 4 heteroatoms. The molecule has 0 N–H and O–H groups in total. The molecule has 0 bridgehead atoms. The molecule has 42 heavy (non-hydrogen) atoms. The van der Waals surface area contributed by atoms with Crippen LogP contribution in [0.15, 0.2) is 72.3 Å². The van der Waals surface area contributed by atoms with Crippen molar-refractivity contribution >= 4 is 29.5 Å². The highest BCUT2D eigenvalue weighted by Gasteiger charge is 2.05. The van der Waals surface area contributed by atoms with E-state index in [0.717, 1.165) is 49.8 Å². The van der Waals surface area contributed by atoms with E-state index in [4.69, 9.17) is 16.4 Å². The molecule has 1 atom stereocenters. The highest BCUT2D eigenvalue weighted by Crippen LogP contribution is 2.16. The summed E-state index contributed by atoms with van der Waals surface area (Å²) in [5, 5.41) is 0.836. The Balaban J connectivity index is -0.000000515. The minimum atomic E-state index is 0. The maximum atomic E-state index is 11.0. The molecule has 3 nitrogen and oxygen atoms in total. The van der Waals surface area contributed by atoms with Crippen molar-refractivity contribution < 1.29 is 14.4 Å². The molecule has 2 rings (SSSR count). The molecule has 0 saturated carbocycles. The van der Waals surface area contributed by atoms with Crippen LogP contribution in [-0.4, -0.2) is 17.9 Å². The van der Waals surface area contributed by atoms with Crippen LogP contribution in [0, 0.1) is 12.8 Å². The Kier molecular flexibility index (Phi) is 30.9. The van der Waals surface area contributed by atoms with E-state index in [2.05, 4.69) is 64.1 Å². The summed E-state index contributed by atoms with van der Waals surface area (Å²) in [6, 6.07) is 16.5. The minimum Gasteiger partial charge on any atom is -0.304 e. The molecule has 236 valence electrons. The zero-order valence-electron chi connectivity index (χ0n) is 27.0. The number of aldehydes is 1. The lowest BCUT2D eigenvalue weighted by atomic mass is 9.97.